The molecule has 0 fully saturated rings. The minimum Gasteiger partial charge on any atom is -0.507 e. The van der Waals surface area contributed by atoms with Gasteiger partial charge in [-0.3, -0.25) is 14.9 Å². The Morgan fingerprint density at radius 2 is 2.09 bits per heavy atom. The van der Waals surface area contributed by atoms with Crippen LogP contribution in [0.2, 0.25) is 0 Å². The normalized spacial score (nSPS) is 10.6. The highest BCUT2D eigenvalue weighted by Crippen LogP contribution is 2.21. The number of rotatable bonds is 4. The number of hydrogen-bond donors (Lipinski definition) is 2. The predicted molar refractivity (Wildman–Crippen MR) is 89.0 cm³/mol. The van der Waals surface area contributed by atoms with Crippen molar-refractivity contribution in [2.75, 3.05) is 0 Å². The second kappa shape index (κ2) is 6.98. The van der Waals surface area contributed by atoms with Gasteiger partial charge in [0.1, 0.15) is 5.75 Å². The topological polar surface area (TPSA) is 105 Å². The quantitative estimate of drug-likeness (QED) is 0.349. The van der Waals surface area contributed by atoms with Crippen molar-refractivity contribution in [1.29, 1.82) is 0 Å². The van der Waals surface area contributed by atoms with Gasteiger partial charge in [-0.05, 0) is 46.9 Å². The number of benzene rings is 2. The van der Waals surface area contributed by atoms with E-state index in [4.69, 9.17) is 0 Å². The molecule has 2 rings (SSSR count). The van der Waals surface area contributed by atoms with Gasteiger partial charge in [-0.25, -0.2) is 5.43 Å². The molecule has 0 unspecified atom stereocenters. The summed E-state index contributed by atoms with van der Waals surface area (Å²) in [5.74, 6) is -0.586. The van der Waals surface area contributed by atoms with E-state index in [9.17, 15) is 20.0 Å². The van der Waals surface area contributed by atoms with E-state index in [0.29, 0.717) is 5.56 Å². The molecule has 2 N–H and O–H groups in total. The fraction of sp³-hybridized carbons (Fsp3) is 0. The number of aromatic hydroxyl groups is 1. The minimum atomic E-state index is -0.582. The number of non-ortho nitro benzene ring substituents is 1. The average Bonchev–Trinajstić information content (AvgIpc) is 2.48. The number of carbonyl (C=O) groups excluding carboxylic acids is 1. The van der Waals surface area contributed by atoms with Crippen LogP contribution < -0.4 is 5.43 Å². The van der Waals surface area contributed by atoms with E-state index in [0.717, 1.165) is 15.9 Å². The van der Waals surface area contributed by atoms with E-state index >= 15 is 0 Å². The van der Waals surface area contributed by atoms with Crippen LogP contribution in [0.3, 0.4) is 0 Å². The van der Waals surface area contributed by atoms with Crippen molar-refractivity contribution >= 4 is 40.4 Å². The highest BCUT2D eigenvalue weighted by Gasteiger charge is 2.09. The largest absolute Gasteiger partial charge is 0.507 e. The zero-order valence-corrected chi connectivity index (χ0v) is 13.2. The number of nitro groups is 1. The maximum Gasteiger partial charge on any atom is 0.271 e. The Labute approximate surface area is 139 Å². The first-order valence-corrected chi connectivity index (χ1v) is 7.11. The monoisotopic (exact) mass is 411 g/mol. The Kier molecular flexibility index (Phi) is 5.04. The van der Waals surface area contributed by atoms with Crippen LogP contribution >= 0.6 is 22.6 Å². The maximum atomic E-state index is 11.8. The van der Waals surface area contributed by atoms with Crippen molar-refractivity contribution in [3.8, 4) is 5.75 Å². The Balaban J connectivity index is 2.11. The van der Waals surface area contributed by atoms with Gasteiger partial charge >= 0.3 is 0 Å². The van der Waals surface area contributed by atoms with Crippen molar-refractivity contribution in [2.24, 2.45) is 5.10 Å². The Bertz CT molecular complexity index is 762. The second-order valence-electron chi connectivity index (χ2n) is 4.21. The van der Waals surface area contributed by atoms with Crippen LogP contribution in [0.1, 0.15) is 15.9 Å². The number of halogens is 1. The molecular formula is C14H10IN3O4. The molecule has 0 atom stereocenters. The molecule has 0 saturated carbocycles. The third kappa shape index (κ3) is 4.01. The Hall–Kier alpha value is -2.49. The van der Waals surface area contributed by atoms with Gasteiger partial charge in [-0.1, -0.05) is 6.07 Å². The lowest BCUT2D eigenvalue weighted by atomic mass is 10.2. The number of nitrogens with zero attached hydrogens (tertiary/aromatic N) is 2. The lowest BCUT2D eigenvalue weighted by Crippen LogP contribution is -2.17. The molecule has 112 valence electrons. The first-order valence-electron chi connectivity index (χ1n) is 6.04. The molecule has 0 radical (unpaired) electrons. The van der Waals surface area contributed by atoms with Crippen LogP contribution in [0.4, 0.5) is 5.69 Å². The van der Waals surface area contributed by atoms with Crippen LogP contribution in [-0.4, -0.2) is 22.2 Å². The molecule has 22 heavy (non-hydrogen) atoms. The summed E-state index contributed by atoms with van der Waals surface area (Å²) >= 11 is 2.08. The number of nitrogens with one attached hydrogen (secondary N) is 1. The summed E-state index contributed by atoms with van der Waals surface area (Å²) in [4.78, 5) is 21.9. The lowest BCUT2D eigenvalue weighted by molar-refractivity contribution is -0.384. The molecule has 0 bridgehead atoms. The molecule has 0 spiro atoms. The summed E-state index contributed by atoms with van der Waals surface area (Å²) in [5, 5.41) is 24.0. The molecular weight excluding hydrogens is 401 g/mol. The van der Waals surface area contributed by atoms with Crippen LogP contribution in [0.25, 0.3) is 0 Å². The van der Waals surface area contributed by atoms with Crippen molar-refractivity contribution in [1.82, 2.24) is 5.43 Å². The van der Waals surface area contributed by atoms with E-state index < -0.39 is 10.8 Å². The van der Waals surface area contributed by atoms with Gasteiger partial charge in [0, 0.05) is 26.8 Å². The van der Waals surface area contributed by atoms with Gasteiger partial charge in [-0.15, -0.1) is 0 Å². The number of phenols is 1. The van der Waals surface area contributed by atoms with E-state index in [-0.39, 0.29) is 17.0 Å². The number of hydrogen-bond acceptors (Lipinski definition) is 5. The molecule has 0 aliphatic rings. The van der Waals surface area contributed by atoms with Crippen molar-refractivity contribution < 1.29 is 14.8 Å². The first kappa shape index (κ1) is 15.9. The smallest absolute Gasteiger partial charge is 0.271 e. The van der Waals surface area contributed by atoms with Crippen LogP contribution in [-0.2, 0) is 0 Å². The third-order valence-electron chi connectivity index (χ3n) is 2.68. The van der Waals surface area contributed by atoms with E-state index in [1.807, 2.05) is 6.07 Å². The number of carbonyl (C=O) groups is 1. The zero-order chi connectivity index (χ0) is 16.1. The third-order valence-corrected chi connectivity index (χ3v) is 3.35. The zero-order valence-electron chi connectivity index (χ0n) is 11.1. The molecule has 2 aromatic rings. The Morgan fingerprint density at radius 1 is 1.32 bits per heavy atom. The number of phenolic OH excluding ortho intramolecular Hbond substituents is 1. The van der Waals surface area contributed by atoms with E-state index in [1.165, 1.54) is 12.1 Å². The Morgan fingerprint density at radius 3 is 2.77 bits per heavy atom. The molecule has 0 heterocycles. The fourth-order valence-corrected chi connectivity index (χ4v) is 2.16. The van der Waals surface area contributed by atoms with Crippen LogP contribution in [0.5, 0.6) is 5.75 Å². The van der Waals surface area contributed by atoms with E-state index in [2.05, 4.69) is 33.1 Å². The predicted octanol–water partition coefficient (Wildman–Crippen LogP) is 2.67. The van der Waals surface area contributed by atoms with Crippen molar-refractivity contribution in [3.05, 3.63) is 67.3 Å². The SMILES string of the molecule is O=C(N/N=C\c1cc([N+](=O)[O-])ccc1O)c1cccc(I)c1. The summed E-state index contributed by atoms with van der Waals surface area (Å²) < 4.78 is 0.908. The summed E-state index contributed by atoms with van der Waals surface area (Å²) in [6.07, 6.45) is 1.15. The fourth-order valence-electron chi connectivity index (χ4n) is 1.61. The van der Waals surface area contributed by atoms with Gasteiger partial charge in [0.15, 0.2) is 0 Å². The molecule has 0 saturated heterocycles. The standard InChI is InChI=1S/C14H10IN3O4/c15-11-3-1-2-9(6-11)14(20)17-16-8-10-7-12(18(21)22)4-5-13(10)19/h1-8,19H,(H,17,20)/b16-8-. The summed E-state index contributed by atoms with van der Waals surface area (Å²) in [6.45, 7) is 0. The summed E-state index contributed by atoms with van der Waals surface area (Å²) in [5.41, 5.74) is 2.69. The first-order chi connectivity index (χ1) is 10.5. The number of amides is 1. The highest BCUT2D eigenvalue weighted by molar-refractivity contribution is 14.1. The lowest BCUT2D eigenvalue weighted by Gasteiger charge is -2.01. The van der Waals surface area contributed by atoms with Gasteiger partial charge < -0.3 is 5.11 Å². The van der Waals surface area contributed by atoms with Crippen LogP contribution in [0, 0.1) is 13.7 Å². The van der Waals surface area contributed by atoms with Gasteiger partial charge in [0.25, 0.3) is 11.6 Å². The van der Waals surface area contributed by atoms with Crippen molar-refractivity contribution in [2.45, 2.75) is 0 Å². The molecule has 0 aliphatic carbocycles. The molecule has 0 aromatic heterocycles. The highest BCUT2D eigenvalue weighted by atomic mass is 127. The number of hydrazone groups is 1. The minimum absolute atomic E-state index is 0.136. The maximum absolute atomic E-state index is 11.8. The van der Waals surface area contributed by atoms with Crippen LogP contribution in [0.15, 0.2) is 47.6 Å². The van der Waals surface area contributed by atoms with E-state index in [1.54, 1.807) is 18.2 Å². The average molecular weight is 411 g/mol. The molecule has 0 aliphatic heterocycles. The van der Waals surface area contributed by atoms with Crippen molar-refractivity contribution in [3.63, 3.8) is 0 Å². The van der Waals surface area contributed by atoms with Gasteiger partial charge in [0.2, 0.25) is 0 Å². The second-order valence-corrected chi connectivity index (χ2v) is 5.46. The van der Waals surface area contributed by atoms with Gasteiger partial charge in [0.05, 0.1) is 11.1 Å². The summed E-state index contributed by atoms with van der Waals surface area (Å²) in [6, 6.07) is 10.5. The molecule has 2 aromatic carbocycles. The molecule has 8 heteroatoms. The van der Waals surface area contributed by atoms with Gasteiger partial charge in [-0.2, -0.15) is 5.10 Å². The molecule has 7 nitrogen and oxygen atoms in total. The summed E-state index contributed by atoms with van der Waals surface area (Å²) in [7, 11) is 0. The molecule has 1 amide bonds. The number of nitro benzene ring substituents is 1.